The summed E-state index contributed by atoms with van der Waals surface area (Å²) in [5.41, 5.74) is 1.21. The first-order valence-corrected chi connectivity index (χ1v) is 7.26. The molecule has 0 saturated carbocycles. The first-order valence-electron chi connectivity index (χ1n) is 7.26. The van der Waals surface area contributed by atoms with Crippen molar-refractivity contribution in [1.82, 2.24) is 4.98 Å². The number of fused-ring (bicyclic) bond motifs is 1. The minimum Gasteiger partial charge on any atom is -0.477 e. The molecule has 2 aromatic rings. The van der Waals surface area contributed by atoms with E-state index in [1.165, 1.54) is 5.56 Å². The molecule has 0 radical (unpaired) electrons. The van der Waals surface area contributed by atoms with Crippen LogP contribution >= 0.6 is 12.4 Å². The third kappa shape index (κ3) is 3.22. The quantitative estimate of drug-likeness (QED) is 0.869. The highest BCUT2D eigenvalue weighted by Crippen LogP contribution is 2.32. The average molecular weight is 319 g/mol. The molecule has 4 nitrogen and oxygen atoms in total. The molecule has 5 heteroatoms. The van der Waals surface area contributed by atoms with Crippen molar-refractivity contribution < 1.29 is 9.53 Å². The number of amides is 1. The fourth-order valence-electron chi connectivity index (χ4n) is 2.52. The third-order valence-corrected chi connectivity index (χ3v) is 3.65. The first-order chi connectivity index (χ1) is 10.3. The Morgan fingerprint density at radius 1 is 1.18 bits per heavy atom. The summed E-state index contributed by atoms with van der Waals surface area (Å²) in [6.45, 7) is 2.58. The highest BCUT2D eigenvalue weighted by atomic mass is 35.5. The van der Waals surface area contributed by atoms with Crippen molar-refractivity contribution in [1.29, 1.82) is 0 Å². The average Bonchev–Trinajstić information content (AvgIpc) is 2.54. The van der Waals surface area contributed by atoms with Crippen molar-refractivity contribution in [2.75, 3.05) is 11.4 Å². The van der Waals surface area contributed by atoms with E-state index in [0.717, 1.165) is 6.42 Å². The summed E-state index contributed by atoms with van der Waals surface area (Å²) in [4.78, 5) is 18.6. The number of halogens is 1. The van der Waals surface area contributed by atoms with Gasteiger partial charge in [0.05, 0.1) is 0 Å². The molecule has 116 valence electrons. The van der Waals surface area contributed by atoms with Crippen molar-refractivity contribution >= 4 is 24.1 Å². The van der Waals surface area contributed by atoms with E-state index in [-0.39, 0.29) is 18.3 Å². The number of hydrogen-bond donors (Lipinski definition) is 0. The zero-order valence-electron chi connectivity index (χ0n) is 12.4. The molecule has 0 N–H and O–H groups in total. The second-order valence-corrected chi connectivity index (χ2v) is 5.07. The lowest BCUT2D eigenvalue weighted by Gasteiger charge is -2.32. The van der Waals surface area contributed by atoms with Gasteiger partial charge in [0.1, 0.15) is 0 Å². The van der Waals surface area contributed by atoms with Crippen LogP contribution in [0.5, 0.6) is 5.75 Å². The number of rotatable bonds is 4. The standard InChI is InChI=1S/C17H18N2O2.ClH/c1-2-14-17(20)19(12-10-13-7-4-3-5-8-13)16-15(21-14)9-6-11-18-16;/h3-9,11,14H,2,10,12H2,1H3;1H. The number of carbonyl (C=O) groups excluding carboxylic acids is 1. The Balaban J connectivity index is 0.00000176. The fraction of sp³-hybridized carbons (Fsp3) is 0.294. The fourth-order valence-corrected chi connectivity index (χ4v) is 2.52. The molecule has 2 heterocycles. The van der Waals surface area contributed by atoms with Crippen molar-refractivity contribution in [2.45, 2.75) is 25.9 Å². The molecule has 1 unspecified atom stereocenters. The van der Waals surface area contributed by atoms with E-state index >= 15 is 0 Å². The van der Waals surface area contributed by atoms with Crippen LogP contribution in [0.15, 0.2) is 48.7 Å². The first kappa shape index (κ1) is 16.3. The Bertz CT molecular complexity index is 634. The molecule has 0 bridgehead atoms. The summed E-state index contributed by atoms with van der Waals surface area (Å²) in [5.74, 6) is 1.32. The highest BCUT2D eigenvalue weighted by molar-refractivity contribution is 5.98. The maximum Gasteiger partial charge on any atom is 0.269 e. The maximum atomic E-state index is 12.5. The Morgan fingerprint density at radius 2 is 1.95 bits per heavy atom. The van der Waals surface area contributed by atoms with E-state index in [9.17, 15) is 4.79 Å². The molecule has 0 saturated heterocycles. The second kappa shape index (κ2) is 7.27. The van der Waals surface area contributed by atoms with Crippen LogP contribution in [0.2, 0.25) is 0 Å². The van der Waals surface area contributed by atoms with E-state index in [1.54, 1.807) is 11.1 Å². The van der Waals surface area contributed by atoms with Crippen LogP contribution in [0.3, 0.4) is 0 Å². The Morgan fingerprint density at radius 3 is 2.68 bits per heavy atom. The van der Waals surface area contributed by atoms with Gasteiger partial charge in [0, 0.05) is 12.7 Å². The van der Waals surface area contributed by atoms with Crippen molar-refractivity contribution in [3.63, 3.8) is 0 Å². The van der Waals surface area contributed by atoms with Gasteiger partial charge in [-0.05, 0) is 30.5 Å². The van der Waals surface area contributed by atoms with Gasteiger partial charge < -0.3 is 4.74 Å². The molecule has 1 atom stereocenters. The summed E-state index contributed by atoms with van der Waals surface area (Å²) in [6, 6.07) is 13.9. The van der Waals surface area contributed by atoms with Crippen LogP contribution in [0.1, 0.15) is 18.9 Å². The molecule has 1 amide bonds. The summed E-state index contributed by atoms with van der Waals surface area (Å²) >= 11 is 0. The summed E-state index contributed by atoms with van der Waals surface area (Å²) in [6.07, 6.45) is 2.75. The normalized spacial score (nSPS) is 16.5. The zero-order valence-corrected chi connectivity index (χ0v) is 13.3. The largest absolute Gasteiger partial charge is 0.477 e. The number of hydrogen-bond acceptors (Lipinski definition) is 3. The van der Waals surface area contributed by atoms with Crippen LogP contribution in [-0.2, 0) is 11.2 Å². The van der Waals surface area contributed by atoms with Gasteiger partial charge in [-0.3, -0.25) is 9.69 Å². The van der Waals surface area contributed by atoms with Gasteiger partial charge in [-0.2, -0.15) is 0 Å². The van der Waals surface area contributed by atoms with Crippen LogP contribution in [0.25, 0.3) is 0 Å². The van der Waals surface area contributed by atoms with Gasteiger partial charge >= 0.3 is 0 Å². The number of benzene rings is 1. The summed E-state index contributed by atoms with van der Waals surface area (Å²) in [7, 11) is 0. The molecule has 0 spiro atoms. The SMILES string of the molecule is CCC1Oc2cccnc2N(CCc2ccccc2)C1=O.Cl. The Hall–Kier alpha value is -2.07. The van der Waals surface area contributed by atoms with Gasteiger partial charge in [-0.15, -0.1) is 12.4 Å². The lowest BCUT2D eigenvalue weighted by molar-refractivity contribution is -0.126. The lowest BCUT2D eigenvalue weighted by Crippen LogP contribution is -2.46. The smallest absolute Gasteiger partial charge is 0.269 e. The number of carbonyl (C=O) groups is 1. The van der Waals surface area contributed by atoms with E-state index < -0.39 is 6.10 Å². The minimum absolute atomic E-state index is 0. The van der Waals surface area contributed by atoms with Crippen molar-refractivity contribution in [3.05, 3.63) is 54.2 Å². The number of ether oxygens (including phenoxy) is 1. The zero-order chi connectivity index (χ0) is 14.7. The van der Waals surface area contributed by atoms with Gasteiger partial charge in [0.25, 0.3) is 5.91 Å². The summed E-state index contributed by atoms with van der Waals surface area (Å²) in [5, 5.41) is 0. The predicted octanol–water partition coefficient (Wildman–Crippen LogP) is 3.25. The van der Waals surface area contributed by atoms with Gasteiger partial charge in [0.15, 0.2) is 17.7 Å². The minimum atomic E-state index is -0.405. The molecule has 22 heavy (non-hydrogen) atoms. The Kier molecular flexibility index (Phi) is 5.39. The number of nitrogens with zero attached hydrogens (tertiary/aromatic N) is 2. The van der Waals surface area contributed by atoms with Crippen LogP contribution in [0, 0.1) is 0 Å². The molecule has 3 rings (SSSR count). The van der Waals surface area contributed by atoms with E-state index in [4.69, 9.17) is 4.74 Å². The monoisotopic (exact) mass is 318 g/mol. The third-order valence-electron chi connectivity index (χ3n) is 3.65. The van der Waals surface area contributed by atoms with Crippen LogP contribution in [0.4, 0.5) is 5.82 Å². The topological polar surface area (TPSA) is 42.4 Å². The van der Waals surface area contributed by atoms with Crippen molar-refractivity contribution in [2.24, 2.45) is 0 Å². The number of anilines is 1. The molecule has 1 aromatic heterocycles. The molecular formula is C17H19ClN2O2. The number of aromatic nitrogens is 1. The molecule has 1 aromatic carbocycles. The maximum absolute atomic E-state index is 12.5. The molecule has 1 aliphatic rings. The second-order valence-electron chi connectivity index (χ2n) is 5.07. The molecule has 0 fully saturated rings. The number of pyridine rings is 1. The highest BCUT2D eigenvalue weighted by Gasteiger charge is 2.33. The van der Waals surface area contributed by atoms with E-state index in [0.29, 0.717) is 24.5 Å². The Labute approximate surface area is 136 Å². The van der Waals surface area contributed by atoms with Gasteiger partial charge in [-0.1, -0.05) is 37.3 Å². The van der Waals surface area contributed by atoms with Crippen LogP contribution in [-0.4, -0.2) is 23.5 Å². The van der Waals surface area contributed by atoms with Crippen LogP contribution < -0.4 is 9.64 Å². The van der Waals surface area contributed by atoms with E-state index in [1.807, 2.05) is 37.3 Å². The predicted molar refractivity (Wildman–Crippen MR) is 88.7 cm³/mol. The van der Waals surface area contributed by atoms with E-state index in [2.05, 4.69) is 17.1 Å². The lowest BCUT2D eigenvalue weighted by atomic mass is 10.1. The molecular weight excluding hydrogens is 300 g/mol. The summed E-state index contributed by atoms with van der Waals surface area (Å²) < 4.78 is 5.72. The molecule has 0 aliphatic carbocycles. The van der Waals surface area contributed by atoms with Gasteiger partial charge in [-0.25, -0.2) is 4.98 Å². The molecule has 1 aliphatic heterocycles. The van der Waals surface area contributed by atoms with Crippen molar-refractivity contribution in [3.8, 4) is 5.75 Å². The van der Waals surface area contributed by atoms with Gasteiger partial charge in [0.2, 0.25) is 0 Å².